The van der Waals surface area contributed by atoms with Crippen LogP contribution in [0.4, 0.5) is 0 Å². The highest BCUT2D eigenvalue weighted by Crippen LogP contribution is 2.36. The molecule has 1 aliphatic heterocycles. The first-order valence-electron chi connectivity index (χ1n) is 9.17. The van der Waals surface area contributed by atoms with Crippen molar-refractivity contribution in [2.24, 2.45) is 0 Å². The van der Waals surface area contributed by atoms with Gasteiger partial charge in [-0.05, 0) is 25.1 Å². The molecule has 154 valence electrons. The number of H-pyrrole nitrogens is 1. The second kappa shape index (κ2) is 8.87. The van der Waals surface area contributed by atoms with E-state index in [4.69, 9.17) is 18.9 Å². The molecule has 0 saturated carbocycles. The summed E-state index contributed by atoms with van der Waals surface area (Å²) in [5, 5.41) is 0. The van der Waals surface area contributed by atoms with Crippen LogP contribution in [0.2, 0.25) is 0 Å². The Kier molecular flexibility index (Phi) is 6.28. The van der Waals surface area contributed by atoms with Crippen LogP contribution in [0.25, 0.3) is 11.3 Å². The predicted octanol–water partition coefficient (Wildman–Crippen LogP) is 2.19. The van der Waals surface area contributed by atoms with E-state index in [1.165, 1.54) is 13.8 Å². The summed E-state index contributed by atoms with van der Waals surface area (Å²) in [5.74, 6) is -1.54. The quantitative estimate of drug-likeness (QED) is 0.577. The molecule has 1 saturated heterocycles. The summed E-state index contributed by atoms with van der Waals surface area (Å²) < 4.78 is 21.5. The molecule has 3 rings (SSSR count). The number of ether oxygens (including phenoxy) is 4. The molecule has 3 atom stereocenters. The molecule has 1 N–H and O–H groups in total. The molecule has 0 radical (unpaired) electrons. The average molecular weight is 402 g/mol. The van der Waals surface area contributed by atoms with Gasteiger partial charge in [0.15, 0.2) is 12.2 Å². The van der Waals surface area contributed by atoms with E-state index in [0.717, 1.165) is 5.56 Å². The third-order valence-electron chi connectivity index (χ3n) is 4.33. The van der Waals surface area contributed by atoms with Crippen LogP contribution in [0, 0.1) is 0 Å². The minimum Gasteiger partial charge on any atom is -0.462 e. The van der Waals surface area contributed by atoms with Crippen molar-refractivity contribution >= 4 is 17.9 Å². The van der Waals surface area contributed by atoms with Gasteiger partial charge in [0, 0.05) is 37.5 Å². The van der Waals surface area contributed by atoms with Crippen molar-refractivity contribution in [1.82, 2.24) is 9.97 Å². The minimum absolute atomic E-state index is 0.0561. The van der Waals surface area contributed by atoms with Crippen LogP contribution >= 0.6 is 0 Å². The molecule has 9 heteroatoms. The fourth-order valence-corrected chi connectivity index (χ4v) is 3.24. The maximum atomic E-state index is 12.5. The Balaban J connectivity index is 1.99. The van der Waals surface area contributed by atoms with Gasteiger partial charge in [-0.15, -0.1) is 0 Å². The first kappa shape index (κ1) is 20.5. The first-order chi connectivity index (χ1) is 13.9. The van der Waals surface area contributed by atoms with Crippen LogP contribution in [0.15, 0.2) is 30.6 Å². The summed E-state index contributed by atoms with van der Waals surface area (Å²) >= 11 is 0. The molecule has 2 aromatic heterocycles. The number of esters is 3. The van der Waals surface area contributed by atoms with Gasteiger partial charge in [0.2, 0.25) is 0 Å². The monoisotopic (exact) mass is 402 g/mol. The number of aromatic amines is 1. The van der Waals surface area contributed by atoms with Gasteiger partial charge in [0.05, 0.1) is 24.5 Å². The minimum atomic E-state index is -0.851. The van der Waals surface area contributed by atoms with E-state index in [-0.39, 0.29) is 13.2 Å². The van der Waals surface area contributed by atoms with E-state index in [9.17, 15) is 14.4 Å². The highest BCUT2D eigenvalue weighted by atomic mass is 16.6. The molecule has 0 spiro atoms. The fourth-order valence-electron chi connectivity index (χ4n) is 3.24. The Labute approximate surface area is 167 Å². The number of carbonyl (C=O) groups is 3. The normalized spacial score (nSPS) is 20.9. The maximum Gasteiger partial charge on any atom is 0.340 e. The summed E-state index contributed by atoms with van der Waals surface area (Å²) in [7, 11) is 0. The fraction of sp³-hybridized carbons (Fsp3) is 0.400. The molecule has 0 aromatic carbocycles. The second-order valence-corrected chi connectivity index (χ2v) is 6.45. The van der Waals surface area contributed by atoms with Crippen LogP contribution in [0.3, 0.4) is 0 Å². The molecule has 2 aromatic rings. The number of nitrogens with one attached hydrogen (secondary N) is 1. The van der Waals surface area contributed by atoms with Crippen LogP contribution in [-0.4, -0.2) is 53.3 Å². The Hall–Kier alpha value is -3.20. The highest BCUT2D eigenvalue weighted by molar-refractivity contribution is 5.96. The van der Waals surface area contributed by atoms with Gasteiger partial charge in [0.1, 0.15) is 6.10 Å². The summed E-state index contributed by atoms with van der Waals surface area (Å²) in [6, 6.07) is 5.10. The molecule has 1 aliphatic rings. The Morgan fingerprint density at radius 2 is 1.86 bits per heavy atom. The van der Waals surface area contributed by atoms with Gasteiger partial charge in [-0.25, -0.2) is 4.79 Å². The van der Waals surface area contributed by atoms with E-state index in [0.29, 0.717) is 17.0 Å². The lowest BCUT2D eigenvalue weighted by Crippen LogP contribution is -2.34. The topological polar surface area (TPSA) is 117 Å². The van der Waals surface area contributed by atoms with Crippen molar-refractivity contribution in [3.05, 3.63) is 41.9 Å². The first-order valence-corrected chi connectivity index (χ1v) is 9.17. The van der Waals surface area contributed by atoms with Gasteiger partial charge >= 0.3 is 17.9 Å². The van der Waals surface area contributed by atoms with E-state index >= 15 is 0 Å². The molecule has 1 fully saturated rings. The van der Waals surface area contributed by atoms with Crippen LogP contribution in [-0.2, 0) is 28.5 Å². The second-order valence-electron chi connectivity index (χ2n) is 6.45. The number of carbonyl (C=O) groups excluding carboxylic acids is 3. The van der Waals surface area contributed by atoms with Crippen molar-refractivity contribution in [1.29, 1.82) is 0 Å². The number of rotatable bonds is 6. The molecule has 0 unspecified atom stereocenters. The van der Waals surface area contributed by atoms with Gasteiger partial charge < -0.3 is 23.9 Å². The highest BCUT2D eigenvalue weighted by Gasteiger charge is 2.44. The summed E-state index contributed by atoms with van der Waals surface area (Å²) in [4.78, 5) is 42.6. The molecular formula is C20H22N2O7. The maximum absolute atomic E-state index is 12.5. The van der Waals surface area contributed by atoms with Crippen LogP contribution in [0.1, 0.15) is 42.9 Å². The van der Waals surface area contributed by atoms with E-state index < -0.39 is 36.2 Å². The molecule has 3 heterocycles. The summed E-state index contributed by atoms with van der Waals surface area (Å²) in [6.07, 6.45) is 0.868. The number of aromatic nitrogens is 2. The summed E-state index contributed by atoms with van der Waals surface area (Å²) in [5.41, 5.74) is 2.07. The lowest BCUT2D eigenvalue weighted by atomic mass is 10.1. The van der Waals surface area contributed by atoms with E-state index in [1.807, 2.05) is 0 Å². The largest absolute Gasteiger partial charge is 0.462 e. The zero-order valence-corrected chi connectivity index (χ0v) is 16.3. The van der Waals surface area contributed by atoms with E-state index in [1.54, 1.807) is 37.5 Å². The van der Waals surface area contributed by atoms with Crippen molar-refractivity contribution < 1.29 is 33.3 Å². The number of pyridine rings is 1. The number of hydrogen-bond donors (Lipinski definition) is 1. The molecule has 0 bridgehead atoms. The third kappa shape index (κ3) is 4.62. The zero-order valence-electron chi connectivity index (χ0n) is 16.3. The van der Waals surface area contributed by atoms with Crippen molar-refractivity contribution in [3.8, 4) is 11.3 Å². The van der Waals surface area contributed by atoms with Crippen molar-refractivity contribution in [2.75, 3.05) is 13.2 Å². The lowest BCUT2D eigenvalue weighted by Gasteiger charge is -2.21. The van der Waals surface area contributed by atoms with Gasteiger partial charge in [-0.3, -0.25) is 14.6 Å². The molecule has 0 aliphatic carbocycles. The molecule has 0 amide bonds. The molecule has 9 nitrogen and oxygen atoms in total. The molecule has 29 heavy (non-hydrogen) atoms. The average Bonchev–Trinajstić information content (AvgIpc) is 3.27. The number of nitrogens with zero attached hydrogens (tertiary/aromatic N) is 1. The molecular weight excluding hydrogens is 380 g/mol. The van der Waals surface area contributed by atoms with Gasteiger partial charge in [-0.2, -0.15) is 0 Å². The summed E-state index contributed by atoms with van der Waals surface area (Å²) in [6.45, 7) is 4.53. The van der Waals surface area contributed by atoms with Crippen LogP contribution in [0.5, 0.6) is 0 Å². The smallest absolute Gasteiger partial charge is 0.340 e. The third-order valence-corrected chi connectivity index (χ3v) is 4.33. The van der Waals surface area contributed by atoms with E-state index in [2.05, 4.69) is 9.97 Å². The zero-order chi connectivity index (χ0) is 21.0. The standard InChI is InChI=1S/C20H22N2O7/c1-4-26-20(25)14-9-15(22-17(14)13-5-7-21-8-6-13)18-19(29-12(3)24)16(10-27-18)28-11(2)23/h5-9,16,18-19,22H,4,10H2,1-3H3/t16-,18+,19-/m1/s1. The van der Waals surface area contributed by atoms with Crippen molar-refractivity contribution in [3.63, 3.8) is 0 Å². The predicted molar refractivity (Wildman–Crippen MR) is 99.8 cm³/mol. The van der Waals surface area contributed by atoms with Crippen LogP contribution < -0.4 is 0 Å². The SMILES string of the molecule is CCOC(=O)c1cc([C@@H]2OC[C@@H](OC(C)=O)[C@H]2OC(C)=O)[nH]c1-c1ccncc1. The van der Waals surface area contributed by atoms with Gasteiger partial charge in [0.25, 0.3) is 0 Å². The van der Waals surface area contributed by atoms with Crippen molar-refractivity contribution in [2.45, 2.75) is 39.1 Å². The number of hydrogen-bond acceptors (Lipinski definition) is 8. The van der Waals surface area contributed by atoms with Gasteiger partial charge in [-0.1, -0.05) is 0 Å². The Morgan fingerprint density at radius 1 is 1.17 bits per heavy atom. The Bertz CT molecular complexity index is 893. The lowest BCUT2D eigenvalue weighted by molar-refractivity contribution is -0.163. The Morgan fingerprint density at radius 3 is 2.48 bits per heavy atom.